The molecule has 0 aromatic carbocycles. The third kappa shape index (κ3) is 34.8. The molecule has 0 aromatic rings. The predicted octanol–water partition coefficient (Wildman–Crippen LogP) is 11.7. The van der Waals surface area contributed by atoms with Crippen LogP contribution in [0.1, 0.15) is 264 Å². The summed E-state index contributed by atoms with van der Waals surface area (Å²) in [5.41, 5.74) is 0. The first kappa shape index (κ1) is 64.6. The van der Waals surface area contributed by atoms with Crippen molar-refractivity contribution in [1.29, 1.82) is 0 Å². The first-order valence-electron chi connectivity index (χ1n) is 28.7. The van der Waals surface area contributed by atoms with Crippen LogP contribution in [-0.4, -0.2) is 110 Å². The highest BCUT2D eigenvalue weighted by Gasteiger charge is 2.44. The Hall–Kier alpha value is -1.41. The molecule has 0 aliphatic carbocycles. The van der Waals surface area contributed by atoms with Crippen LogP contribution in [0.25, 0.3) is 0 Å². The van der Waals surface area contributed by atoms with Crippen LogP contribution in [0.3, 0.4) is 0 Å². The maximum atomic E-state index is 13.1. The van der Waals surface area contributed by atoms with E-state index in [-0.39, 0.29) is 12.8 Å². The van der Waals surface area contributed by atoms with Crippen LogP contribution in [0.2, 0.25) is 0 Å². The minimum absolute atomic E-state index is 0.249. The van der Waals surface area contributed by atoms with E-state index >= 15 is 0 Å². The number of amides is 1. The van der Waals surface area contributed by atoms with Crippen LogP contribution in [0, 0.1) is 0 Å². The molecule has 0 aromatic heterocycles. The first-order chi connectivity index (χ1) is 33.2. The first-order valence-corrected chi connectivity index (χ1v) is 28.7. The van der Waals surface area contributed by atoms with Gasteiger partial charge in [-0.15, -0.1) is 0 Å². The zero-order valence-corrected chi connectivity index (χ0v) is 43.9. The molecule has 1 rings (SSSR count). The average Bonchev–Trinajstić information content (AvgIpc) is 3.34. The van der Waals surface area contributed by atoms with Crippen LogP contribution in [0.15, 0.2) is 24.3 Å². The van der Waals surface area contributed by atoms with E-state index in [1.54, 1.807) is 0 Å². The minimum Gasteiger partial charge on any atom is -0.394 e. The smallest absolute Gasteiger partial charge is 0.249 e. The molecule has 9 unspecified atom stereocenters. The number of nitrogens with one attached hydrogen (secondary N) is 1. The van der Waals surface area contributed by atoms with E-state index in [1.165, 1.54) is 180 Å². The van der Waals surface area contributed by atoms with E-state index in [2.05, 4.69) is 43.5 Å². The Bertz CT molecular complexity index is 1160. The summed E-state index contributed by atoms with van der Waals surface area (Å²) in [6, 6.07) is -1.19. The van der Waals surface area contributed by atoms with Gasteiger partial charge in [0.15, 0.2) is 6.29 Å². The van der Waals surface area contributed by atoms with Gasteiger partial charge in [-0.1, -0.05) is 237 Å². The predicted molar refractivity (Wildman–Crippen MR) is 279 cm³/mol. The zero-order valence-electron chi connectivity index (χ0n) is 43.9. The van der Waals surface area contributed by atoms with Gasteiger partial charge >= 0.3 is 0 Å². The van der Waals surface area contributed by atoms with Crippen LogP contribution in [0.4, 0.5) is 0 Å². The van der Waals surface area contributed by atoms with Gasteiger partial charge in [-0.3, -0.25) is 4.79 Å². The Labute approximate surface area is 416 Å². The molecule has 0 saturated carbocycles. The molecule has 1 aliphatic heterocycles. The van der Waals surface area contributed by atoms with Crippen molar-refractivity contribution in [2.24, 2.45) is 0 Å². The molecule has 1 fully saturated rings. The summed E-state index contributed by atoms with van der Waals surface area (Å²) in [5.74, 6) is -0.708. The van der Waals surface area contributed by atoms with Gasteiger partial charge in [0.05, 0.1) is 25.4 Å². The second-order valence-corrected chi connectivity index (χ2v) is 20.4. The molecule has 1 heterocycles. The topological polar surface area (TPSA) is 189 Å². The van der Waals surface area contributed by atoms with Gasteiger partial charge in [-0.2, -0.15) is 0 Å². The fourth-order valence-electron chi connectivity index (χ4n) is 9.28. The lowest BCUT2D eigenvalue weighted by atomic mass is 9.98. The molecular weight excluding hydrogens is 859 g/mol. The molecule has 11 heteroatoms. The molecule has 0 spiro atoms. The molecular formula is C57H109NO10. The van der Waals surface area contributed by atoms with E-state index in [1.807, 2.05) is 0 Å². The standard InChI is InChI=1S/C57H109NO10/c1-3-5-7-9-11-13-15-17-18-19-20-21-22-23-24-25-26-27-28-29-30-31-33-34-36-38-40-42-44-49(60)52(62)48(47-67-57-55(65)54(64)53(63)51(46-59)68-57)58-56(66)50(61)45-43-41-39-37-35-32-16-14-12-10-8-6-4-2/h30-31,36,38,48-55,57,59-65H,3-29,32-35,37,39-47H2,1-2H3,(H,58,66)/b31-30+,38-36+. The van der Waals surface area contributed by atoms with Crippen molar-refractivity contribution in [2.75, 3.05) is 13.2 Å². The maximum absolute atomic E-state index is 13.1. The molecule has 1 amide bonds. The Morgan fingerprint density at radius 1 is 0.500 bits per heavy atom. The SMILES string of the molecule is CCCCCCCCCCCCCCCCCCCCC/C=C/CC/C=C/CCCC(O)C(O)C(COC1OC(CO)C(O)C(O)C1O)NC(=O)C(O)CCCCCCCCCCCCCCC. The highest BCUT2D eigenvalue weighted by molar-refractivity contribution is 5.80. The Kier molecular flexibility index (Phi) is 44.3. The molecule has 0 bridgehead atoms. The largest absolute Gasteiger partial charge is 0.394 e. The van der Waals surface area contributed by atoms with Crippen LogP contribution < -0.4 is 5.32 Å². The average molecular weight is 968 g/mol. The molecule has 9 atom stereocenters. The van der Waals surface area contributed by atoms with E-state index < -0.39 is 74.2 Å². The summed E-state index contributed by atoms with van der Waals surface area (Å²) in [6.07, 6.45) is 43.9. The van der Waals surface area contributed by atoms with Crippen LogP contribution in [-0.2, 0) is 14.3 Å². The lowest BCUT2D eigenvalue weighted by molar-refractivity contribution is -0.303. The van der Waals surface area contributed by atoms with Crippen molar-refractivity contribution in [3.05, 3.63) is 24.3 Å². The number of ether oxygens (including phenoxy) is 2. The number of unbranched alkanes of at least 4 members (excludes halogenated alkanes) is 33. The highest BCUT2D eigenvalue weighted by Crippen LogP contribution is 2.23. The lowest BCUT2D eigenvalue weighted by Gasteiger charge is -2.40. The van der Waals surface area contributed by atoms with Crippen LogP contribution in [0.5, 0.6) is 0 Å². The van der Waals surface area contributed by atoms with Gasteiger partial charge in [0.25, 0.3) is 0 Å². The molecule has 1 saturated heterocycles. The van der Waals surface area contributed by atoms with Crippen molar-refractivity contribution in [1.82, 2.24) is 5.32 Å². The number of aliphatic hydroxyl groups is 7. The van der Waals surface area contributed by atoms with E-state index in [0.717, 1.165) is 38.5 Å². The highest BCUT2D eigenvalue weighted by atomic mass is 16.7. The van der Waals surface area contributed by atoms with Gasteiger partial charge in [0, 0.05) is 0 Å². The molecule has 402 valence electrons. The summed E-state index contributed by atoms with van der Waals surface area (Å²) < 4.78 is 11.1. The number of allylic oxidation sites excluding steroid dienone is 4. The monoisotopic (exact) mass is 968 g/mol. The molecule has 0 radical (unpaired) electrons. The lowest BCUT2D eigenvalue weighted by Crippen LogP contribution is -2.60. The fraction of sp³-hybridized carbons (Fsp3) is 0.912. The third-order valence-electron chi connectivity index (χ3n) is 14.0. The van der Waals surface area contributed by atoms with Crippen molar-refractivity contribution in [2.45, 2.75) is 319 Å². The number of carbonyl (C=O) groups excluding carboxylic acids is 1. The van der Waals surface area contributed by atoms with Gasteiger partial charge in [0.1, 0.15) is 36.6 Å². The normalized spacial score (nSPS) is 20.6. The third-order valence-corrected chi connectivity index (χ3v) is 14.0. The number of rotatable bonds is 49. The zero-order chi connectivity index (χ0) is 49.7. The van der Waals surface area contributed by atoms with Gasteiger partial charge in [0.2, 0.25) is 5.91 Å². The van der Waals surface area contributed by atoms with E-state index in [9.17, 15) is 40.5 Å². The number of carbonyl (C=O) groups is 1. The summed E-state index contributed by atoms with van der Waals surface area (Å²) in [6.45, 7) is 3.45. The number of hydrogen-bond donors (Lipinski definition) is 8. The second-order valence-electron chi connectivity index (χ2n) is 20.4. The van der Waals surface area contributed by atoms with Crippen molar-refractivity contribution < 1.29 is 50.0 Å². The minimum atomic E-state index is -1.67. The Morgan fingerprint density at radius 2 is 0.882 bits per heavy atom. The fourth-order valence-corrected chi connectivity index (χ4v) is 9.28. The second kappa shape index (κ2) is 46.6. The Morgan fingerprint density at radius 3 is 1.31 bits per heavy atom. The van der Waals surface area contributed by atoms with Gasteiger partial charge < -0.3 is 50.5 Å². The summed E-state index contributed by atoms with van der Waals surface area (Å²) in [7, 11) is 0. The van der Waals surface area contributed by atoms with Crippen LogP contribution >= 0.6 is 0 Å². The molecule has 1 aliphatic rings. The van der Waals surface area contributed by atoms with E-state index in [0.29, 0.717) is 19.3 Å². The molecule has 8 N–H and O–H groups in total. The molecule has 68 heavy (non-hydrogen) atoms. The van der Waals surface area contributed by atoms with E-state index in [4.69, 9.17) is 9.47 Å². The van der Waals surface area contributed by atoms with Gasteiger partial charge in [-0.25, -0.2) is 0 Å². The Balaban J connectivity index is 2.30. The van der Waals surface area contributed by atoms with Crippen molar-refractivity contribution >= 4 is 5.91 Å². The van der Waals surface area contributed by atoms with Crippen molar-refractivity contribution in [3.8, 4) is 0 Å². The molecule has 11 nitrogen and oxygen atoms in total. The number of aliphatic hydroxyl groups excluding tert-OH is 7. The number of hydrogen-bond acceptors (Lipinski definition) is 10. The quantitative estimate of drug-likeness (QED) is 0.0215. The summed E-state index contributed by atoms with van der Waals surface area (Å²) in [4.78, 5) is 13.1. The maximum Gasteiger partial charge on any atom is 0.249 e. The summed E-state index contributed by atoms with van der Waals surface area (Å²) >= 11 is 0. The van der Waals surface area contributed by atoms with Gasteiger partial charge in [-0.05, 0) is 51.4 Å². The summed E-state index contributed by atoms with van der Waals surface area (Å²) in [5, 5.41) is 75.9. The van der Waals surface area contributed by atoms with Crippen molar-refractivity contribution in [3.63, 3.8) is 0 Å².